The highest BCUT2D eigenvalue weighted by Gasteiger charge is 2.20. The van der Waals surface area contributed by atoms with E-state index in [2.05, 4.69) is 23.1 Å². The highest BCUT2D eigenvalue weighted by Crippen LogP contribution is 2.26. The first-order valence-corrected chi connectivity index (χ1v) is 9.41. The van der Waals surface area contributed by atoms with Gasteiger partial charge in [-0.05, 0) is 42.8 Å². The Labute approximate surface area is 169 Å². The Morgan fingerprint density at radius 3 is 2.68 bits per heavy atom. The van der Waals surface area contributed by atoms with E-state index in [1.165, 1.54) is 0 Å². The van der Waals surface area contributed by atoms with E-state index >= 15 is 0 Å². The molecule has 0 radical (unpaired) electrons. The zero-order valence-electron chi connectivity index (χ0n) is 16.1. The van der Waals surface area contributed by atoms with E-state index in [0.717, 1.165) is 28.6 Å². The van der Waals surface area contributed by atoms with Crippen molar-refractivity contribution in [1.82, 2.24) is 10.9 Å². The maximum absolute atomic E-state index is 12.6. The number of carbonyl (C=O) groups excluding carboxylic acids is 1. The van der Waals surface area contributed by atoms with Gasteiger partial charge in [-0.15, -0.1) is 0 Å². The van der Waals surface area contributed by atoms with Crippen molar-refractivity contribution in [2.45, 2.75) is 26.9 Å². The fourth-order valence-corrected chi connectivity index (χ4v) is 3.24. The number of para-hydroxylation sites is 2. The topological polar surface area (TPSA) is 75.5 Å². The van der Waals surface area contributed by atoms with E-state index in [1.807, 2.05) is 49.4 Å². The van der Waals surface area contributed by atoms with Crippen LogP contribution in [0.2, 0.25) is 0 Å². The van der Waals surface area contributed by atoms with E-state index in [1.54, 1.807) is 7.11 Å². The lowest BCUT2D eigenvalue weighted by Crippen LogP contribution is -2.44. The van der Waals surface area contributed by atoms with E-state index in [0.29, 0.717) is 16.3 Å². The summed E-state index contributed by atoms with van der Waals surface area (Å²) in [6, 6.07) is 13.5. The number of thiocarbonyl (C=S) groups is 1. The van der Waals surface area contributed by atoms with Crippen LogP contribution in [0.1, 0.15) is 34.2 Å². The fourth-order valence-electron chi connectivity index (χ4n) is 3.09. The van der Waals surface area contributed by atoms with Crippen molar-refractivity contribution in [2.75, 3.05) is 12.4 Å². The maximum Gasteiger partial charge on any atom is 0.305 e. The molecule has 0 aliphatic carbocycles. The minimum Gasteiger partial charge on any atom is -0.450 e. The van der Waals surface area contributed by atoms with Crippen LogP contribution in [0.25, 0.3) is 11.0 Å². The number of aryl methyl sites for hydroxylation is 2. The van der Waals surface area contributed by atoms with Gasteiger partial charge in [0.05, 0.1) is 6.61 Å². The van der Waals surface area contributed by atoms with Crippen molar-refractivity contribution in [3.05, 3.63) is 64.9 Å². The summed E-state index contributed by atoms with van der Waals surface area (Å²) in [6.45, 7) is 4.36. The predicted octanol–water partition coefficient (Wildman–Crippen LogP) is 4.08. The van der Waals surface area contributed by atoms with Crippen molar-refractivity contribution < 1.29 is 13.9 Å². The monoisotopic (exact) mass is 397 g/mol. The Hall–Kier alpha value is -2.90. The summed E-state index contributed by atoms with van der Waals surface area (Å²) >= 11 is 5.33. The number of hydrogen-bond donors (Lipinski definition) is 3. The van der Waals surface area contributed by atoms with Crippen molar-refractivity contribution in [3.63, 3.8) is 0 Å². The average molecular weight is 398 g/mol. The molecule has 3 rings (SSSR count). The molecule has 28 heavy (non-hydrogen) atoms. The second-order valence-corrected chi connectivity index (χ2v) is 6.74. The quantitative estimate of drug-likeness (QED) is 0.445. The van der Waals surface area contributed by atoms with Gasteiger partial charge in [0.2, 0.25) is 0 Å². The van der Waals surface area contributed by atoms with Gasteiger partial charge in [0.1, 0.15) is 5.58 Å². The number of hydrogen-bond acceptors (Lipinski definition) is 4. The van der Waals surface area contributed by atoms with Gasteiger partial charge in [0.25, 0.3) is 0 Å². The molecule has 6 nitrogen and oxygen atoms in total. The van der Waals surface area contributed by atoms with Crippen molar-refractivity contribution in [2.24, 2.45) is 0 Å². The second-order valence-electron chi connectivity index (χ2n) is 6.33. The minimum absolute atomic E-state index is 0.198. The Bertz CT molecular complexity index is 1010. The number of rotatable bonds is 5. The molecule has 7 heteroatoms. The molecule has 1 heterocycles. The summed E-state index contributed by atoms with van der Waals surface area (Å²) in [5, 5.41) is 4.30. The predicted molar refractivity (Wildman–Crippen MR) is 114 cm³/mol. The molecule has 0 saturated heterocycles. The number of amides is 1. The molecule has 2 aromatic carbocycles. The van der Waals surface area contributed by atoms with E-state index in [-0.39, 0.29) is 12.4 Å². The van der Waals surface area contributed by atoms with E-state index in [9.17, 15) is 4.79 Å². The zero-order valence-corrected chi connectivity index (χ0v) is 16.9. The number of furan rings is 1. The summed E-state index contributed by atoms with van der Waals surface area (Å²) in [7, 11) is 1.58. The van der Waals surface area contributed by atoms with Crippen molar-refractivity contribution >= 4 is 39.9 Å². The number of hydrazine groups is 1. The first-order valence-electron chi connectivity index (χ1n) is 9.00. The number of fused-ring (bicyclic) bond motifs is 1. The highest BCUT2D eigenvalue weighted by atomic mass is 32.1. The maximum atomic E-state index is 12.6. The van der Waals surface area contributed by atoms with E-state index in [4.69, 9.17) is 21.4 Å². The van der Waals surface area contributed by atoms with Gasteiger partial charge >= 0.3 is 5.91 Å². The number of methoxy groups -OCH3 is 1. The lowest BCUT2D eigenvalue weighted by molar-refractivity contribution is 0.0912. The molecular formula is C21H23N3O3S. The molecule has 1 amide bonds. The van der Waals surface area contributed by atoms with Gasteiger partial charge in [0.15, 0.2) is 10.9 Å². The molecule has 0 saturated carbocycles. The summed E-state index contributed by atoms with van der Waals surface area (Å²) in [5.74, 6) is -0.226. The largest absolute Gasteiger partial charge is 0.450 e. The van der Waals surface area contributed by atoms with Gasteiger partial charge in [-0.25, -0.2) is 0 Å². The molecule has 3 N–H and O–H groups in total. The lowest BCUT2D eigenvalue weighted by Gasteiger charge is -2.16. The number of nitrogens with one attached hydrogen (secondary N) is 3. The molecule has 3 aromatic rings. The molecule has 0 bridgehead atoms. The van der Waals surface area contributed by atoms with Crippen LogP contribution in [0.5, 0.6) is 0 Å². The van der Waals surface area contributed by atoms with Gasteiger partial charge in [-0.1, -0.05) is 43.3 Å². The summed E-state index contributed by atoms with van der Waals surface area (Å²) in [4.78, 5) is 12.6. The van der Waals surface area contributed by atoms with Gasteiger partial charge in [-0.2, -0.15) is 0 Å². The van der Waals surface area contributed by atoms with Crippen LogP contribution in [0.3, 0.4) is 0 Å². The lowest BCUT2D eigenvalue weighted by atomic mass is 10.1. The number of carbonyl (C=O) groups is 1. The van der Waals surface area contributed by atoms with Crippen LogP contribution in [0, 0.1) is 6.92 Å². The van der Waals surface area contributed by atoms with Crippen LogP contribution in [0.15, 0.2) is 46.9 Å². The highest BCUT2D eigenvalue weighted by molar-refractivity contribution is 7.80. The van der Waals surface area contributed by atoms with Gasteiger partial charge in [0, 0.05) is 23.7 Å². The van der Waals surface area contributed by atoms with Crippen LogP contribution < -0.4 is 16.2 Å². The third-order valence-electron chi connectivity index (χ3n) is 4.46. The molecule has 0 fully saturated rings. The normalized spacial score (nSPS) is 10.7. The van der Waals surface area contributed by atoms with Gasteiger partial charge in [-0.3, -0.25) is 15.6 Å². The SMILES string of the molecule is CCc1cccc(C)c1NC(=S)NNC(=O)c1oc2ccccc2c1COC. The zero-order chi connectivity index (χ0) is 20.1. The van der Waals surface area contributed by atoms with Crippen LogP contribution >= 0.6 is 12.2 Å². The molecule has 0 aliphatic heterocycles. The molecule has 0 atom stereocenters. The smallest absolute Gasteiger partial charge is 0.305 e. The Morgan fingerprint density at radius 1 is 1.14 bits per heavy atom. The van der Waals surface area contributed by atoms with Gasteiger partial charge < -0.3 is 14.5 Å². The third-order valence-corrected chi connectivity index (χ3v) is 4.67. The summed E-state index contributed by atoms with van der Waals surface area (Å²) < 4.78 is 11.0. The van der Waals surface area contributed by atoms with Crippen molar-refractivity contribution in [3.8, 4) is 0 Å². The molecule has 0 aliphatic rings. The molecule has 0 spiro atoms. The number of benzene rings is 2. The Balaban J connectivity index is 1.72. The van der Waals surface area contributed by atoms with Crippen LogP contribution in [-0.4, -0.2) is 18.1 Å². The molecule has 0 unspecified atom stereocenters. The number of ether oxygens (including phenoxy) is 1. The second kappa shape index (κ2) is 8.86. The standard InChI is InChI=1S/C21H23N3O3S/c1-4-14-9-7-8-13(2)18(14)22-21(28)24-23-20(25)19-16(12-26-3)15-10-5-6-11-17(15)27-19/h5-11H,4,12H2,1-3H3,(H,23,25)(H2,22,24,28). The molecule has 146 valence electrons. The minimum atomic E-state index is -0.423. The Morgan fingerprint density at radius 2 is 1.93 bits per heavy atom. The fraction of sp³-hybridized carbons (Fsp3) is 0.238. The summed E-state index contributed by atoms with van der Waals surface area (Å²) in [5.41, 5.74) is 9.84. The molecular weight excluding hydrogens is 374 g/mol. The van der Waals surface area contributed by atoms with Crippen LogP contribution in [0.4, 0.5) is 5.69 Å². The molecule has 1 aromatic heterocycles. The van der Waals surface area contributed by atoms with E-state index < -0.39 is 5.91 Å². The number of anilines is 1. The third kappa shape index (κ3) is 4.16. The first-order chi connectivity index (χ1) is 13.5. The first kappa shape index (κ1) is 19.9. The summed E-state index contributed by atoms with van der Waals surface area (Å²) in [6.07, 6.45) is 0.873. The van der Waals surface area contributed by atoms with Crippen LogP contribution in [-0.2, 0) is 17.8 Å². The van der Waals surface area contributed by atoms with Crippen molar-refractivity contribution in [1.29, 1.82) is 0 Å². The average Bonchev–Trinajstić information content (AvgIpc) is 3.07. The Kier molecular flexibility index (Phi) is 6.28.